The fourth-order valence-corrected chi connectivity index (χ4v) is 4.30. The predicted octanol–water partition coefficient (Wildman–Crippen LogP) is 4.61. The van der Waals surface area contributed by atoms with E-state index in [2.05, 4.69) is 31.0 Å². The highest BCUT2D eigenvalue weighted by atomic mass is 35.5. The summed E-state index contributed by atoms with van der Waals surface area (Å²) in [6.07, 6.45) is 6.40. The van der Waals surface area contributed by atoms with Crippen molar-refractivity contribution in [2.45, 2.75) is 25.5 Å². The molecule has 188 valence electrons. The second-order valence-electron chi connectivity index (χ2n) is 8.19. The summed E-state index contributed by atoms with van der Waals surface area (Å²) in [5, 5.41) is 3.52. The lowest BCUT2D eigenvalue weighted by Gasteiger charge is -2.24. The van der Waals surface area contributed by atoms with Gasteiger partial charge in [0.25, 0.3) is 0 Å². The molecule has 3 aromatic heterocycles. The summed E-state index contributed by atoms with van der Waals surface area (Å²) in [4.78, 5) is 25.2. The van der Waals surface area contributed by atoms with Gasteiger partial charge in [-0.15, -0.1) is 12.4 Å². The lowest BCUT2D eigenvalue weighted by molar-refractivity contribution is 0.0706. The first-order valence-corrected chi connectivity index (χ1v) is 11.3. The fourth-order valence-electron chi connectivity index (χ4n) is 4.30. The molecule has 0 atom stereocenters. The van der Waals surface area contributed by atoms with Crippen LogP contribution in [0.1, 0.15) is 24.6 Å². The zero-order valence-corrected chi connectivity index (χ0v) is 20.5. The zero-order chi connectivity index (χ0) is 24.2. The molecule has 3 N–H and O–H groups in total. The Hall–Kier alpha value is -3.89. The molecule has 0 bridgehead atoms. The topological polar surface area (TPSA) is 126 Å². The van der Waals surface area contributed by atoms with E-state index in [1.165, 1.54) is 6.33 Å². The second-order valence-corrected chi connectivity index (χ2v) is 8.19. The predicted molar refractivity (Wildman–Crippen MR) is 138 cm³/mol. The van der Waals surface area contributed by atoms with Crippen LogP contribution < -0.4 is 15.8 Å². The molecule has 0 spiro atoms. The van der Waals surface area contributed by atoms with Crippen molar-refractivity contribution in [1.82, 2.24) is 19.5 Å². The van der Waals surface area contributed by atoms with E-state index in [1.54, 1.807) is 31.5 Å². The number of hydrogen-bond donors (Lipinski definition) is 2. The van der Waals surface area contributed by atoms with Crippen LogP contribution in [0.3, 0.4) is 0 Å². The maximum atomic E-state index is 12.3. The number of aromatic nitrogens is 4. The summed E-state index contributed by atoms with van der Waals surface area (Å²) in [5.74, 6) is 0.898. The third-order valence-electron chi connectivity index (χ3n) is 6.05. The van der Waals surface area contributed by atoms with Gasteiger partial charge in [0.2, 0.25) is 0 Å². The number of hydrogen-bond acceptors (Lipinski definition) is 8. The van der Waals surface area contributed by atoms with Crippen LogP contribution in [0.4, 0.5) is 16.3 Å². The Labute approximate surface area is 214 Å². The van der Waals surface area contributed by atoms with Gasteiger partial charge in [0.1, 0.15) is 30.1 Å². The minimum Gasteiger partial charge on any atom is -0.495 e. The summed E-state index contributed by atoms with van der Waals surface area (Å²) in [6.45, 7) is 1.49. The Morgan fingerprint density at radius 3 is 2.78 bits per heavy atom. The third-order valence-corrected chi connectivity index (χ3v) is 6.05. The largest absolute Gasteiger partial charge is 0.495 e. The number of ether oxygens (including phenoxy) is 3. The normalized spacial score (nSPS) is 13.7. The summed E-state index contributed by atoms with van der Waals surface area (Å²) in [5.41, 5.74) is 9.98. The van der Waals surface area contributed by atoms with E-state index in [9.17, 15) is 4.79 Å². The van der Waals surface area contributed by atoms with Crippen LogP contribution >= 0.6 is 12.4 Å². The van der Waals surface area contributed by atoms with Crippen molar-refractivity contribution in [2.75, 3.05) is 31.4 Å². The van der Waals surface area contributed by atoms with Crippen LogP contribution in [0.2, 0.25) is 0 Å². The number of nitrogens with one attached hydrogen (secondary N) is 1. The van der Waals surface area contributed by atoms with Gasteiger partial charge in [-0.2, -0.15) is 0 Å². The van der Waals surface area contributed by atoms with Gasteiger partial charge >= 0.3 is 6.09 Å². The molecular weight excluding hydrogens is 484 g/mol. The molecule has 0 saturated carbocycles. The summed E-state index contributed by atoms with van der Waals surface area (Å²) in [6, 6.07) is 11.2. The molecule has 1 fully saturated rings. The van der Waals surface area contributed by atoms with Gasteiger partial charge in [-0.05, 0) is 42.7 Å². The molecule has 5 rings (SSSR count). The van der Waals surface area contributed by atoms with E-state index < -0.39 is 6.09 Å². The van der Waals surface area contributed by atoms with E-state index >= 15 is 0 Å². The van der Waals surface area contributed by atoms with E-state index in [-0.39, 0.29) is 25.1 Å². The van der Waals surface area contributed by atoms with Crippen molar-refractivity contribution in [3.05, 3.63) is 60.8 Å². The number of amides is 1. The van der Waals surface area contributed by atoms with Gasteiger partial charge in [-0.25, -0.2) is 14.8 Å². The molecule has 1 aliphatic rings. The molecular formula is C25H27ClN6O4. The summed E-state index contributed by atoms with van der Waals surface area (Å²) < 4.78 is 18.5. The Kier molecular flexibility index (Phi) is 7.87. The minimum absolute atomic E-state index is 0. The van der Waals surface area contributed by atoms with Crippen molar-refractivity contribution in [3.63, 3.8) is 0 Å². The van der Waals surface area contributed by atoms with E-state index in [0.717, 1.165) is 35.0 Å². The summed E-state index contributed by atoms with van der Waals surface area (Å²) >= 11 is 0. The van der Waals surface area contributed by atoms with Crippen LogP contribution in [-0.2, 0) is 16.1 Å². The first-order valence-electron chi connectivity index (χ1n) is 11.3. The highest BCUT2D eigenvalue weighted by Gasteiger charge is 2.23. The Balaban J connectivity index is 0.00000304. The van der Waals surface area contributed by atoms with Crippen LogP contribution in [0.15, 0.2) is 55.1 Å². The van der Waals surface area contributed by atoms with Crippen LogP contribution in [-0.4, -0.2) is 45.9 Å². The SMILES string of the molecule is COc1cc(-c2cn(C3CCOCC3)c3ncnc(N)c23)ccc1NC(=O)OCc1ccccn1.Cl. The number of fused-ring (bicyclic) bond motifs is 1. The monoisotopic (exact) mass is 510 g/mol. The highest BCUT2D eigenvalue weighted by molar-refractivity contribution is 6.01. The number of rotatable bonds is 6. The van der Waals surface area contributed by atoms with Crippen molar-refractivity contribution in [3.8, 4) is 16.9 Å². The summed E-state index contributed by atoms with van der Waals surface area (Å²) in [7, 11) is 1.55. The van der Waals surface area contributed by atoms with Crippen LogP contribution in [0, 0.1) is 0 Å². The van der Waals surface area contributed by atoms with Crippen molar-refractivity contribution in [2.24, 2.45) is 0 Å². The van der Waals surface area contributed by atoms with E-state index in [1.807, 2.05) is 18.2 Å². The van der Waals surface area contributed by atoms with Crippen molar-refractivity contribution >= 4 is 41.0 Å². The number of nitrogen functional groups attached to an aromatic ring is 1. The number of halogens is 1. The molecule has 4 aromatic rings. The molecule has 11 heteroatoms. The number of anilines is 2. The molecule has 10 nitrogen and oxygen atoms in total. The average Bonchev–Trinajstić information content (AvgIpc) is 3.30. The lowest BCUT2D eigenvalue weighted by atomic mass is 10.0. The number of nitrogens with two attached hydrogens (primary N) is 1. The number of nitrogens with zero attached hydrogens (tertiary/aromatic N) is 4. The molecule has 1 amide bonds. The lowest BCUT2D eigenvalue weighted by Crippen LogP contribution is -2.19. The quantitative estimate of drug-likeness (QED) is 0.385. The zero-order valence-electron chi connectivity index (χ0n) is 19.7. The van der Waals surface area contributed by atoms with E-state index in [0.29, 0.717) is 36.2 Å². The van der Waals surface area contributed by atoms with Crippen molar-refractivity contribution < 1.29 is 19.0 Å². The first-order chi connectivity index (χ1) is 17.1. The number of benzene rings is 1. The molecule has 1 saturated heterocycles. The van der Waals surface area contributed by atoms with Crippen LogP contribution in [0.5, 0.6) is 5.75 Å². The van der Waals surface area contributed by atoms with E-state index in [4.69, 9.17) is 19.9 Å². The van der Waals surface area contributed by atoms with Crippen molar-refractivity contribution in [1.29, 1.82) is 0 Å². The first kappa shape index (κ1) is 25.2. The van der Waals surface area contributed by atoms with Gasteiger partial charge in [-0.1, -0.05) is 12.1 Å². The smallest absolute Gasteiger partial charge is 0.412 e. The molecule has 36 heavy (non-hydrogen) atoms. The third kappa shape index (κ3) is 5.19. The van der Waals surface area contributed by atoms with Gasteiger partial charge in [0.15, 0.2) is 0 Å². The molecule has 0 radical (unpaired) electrons. The number of methoxy groups -OCH3 is 1. The Bertz CT molecular complexity index is 1340. The molecule has 4 heterocycles. The highest BCUT2D eigenvalue weighted by Crippen LogP contribution is 2.39. The number of pyridine rings is 1. The maximum absolute atomic E-state index is 12.3. The number of carbonyl (C=O) groups is 1. The number of carbonyl (C=O) groups excluding carboxylic acids is 1. The maximum Gasteiger partial charge on any atom is 0.412 e. The van der Waals surface area contributed by atoms with Gasteiger partial charge in [-0.3, -0.25) is 10.3 Å². The minimum atomic E-state index is -0.601. The molecule has 0 unspecified atom stereocenters. The Morgan fingerprint density at radius 1 is 1.19 bits per heavy atom. The van der Waals surface area contributed by atoms with Gasteiger partial charge < -0.3 is 24.5 Å². The molecule has 0 aliphatic carbocycles. The molecule has 1 aliphatic heterocycles. The Morgan fingerprint density at radius 2 is 2.03 bits per heavy atom. The van der Waals surface area contributed by atoms with Crippen LogP contribution in [0.25, 0.3) is 22.2 Å². The average molecular weight is 511 g/mol. The fraction of sp³-hybridized carbons (Fsp3) is 0.280. The van der Waals surface area contributed by atoms with Gasteiger partial charge in [0.05, 0.1) is 23.9 Å². The van der Waals surface area contributed by atoms with Gasteiger partial charge in [0, 0.05) is 37.2 Å². The standard InChI is InChI=1S/C25H26N6O4.ClH/c1-33-21-12-16(5-6-20(21)30-25(32)35-14-17-4-2-3-9-27-17)19-13-31(18-7-10-34-11-8-18)24-22(19)23(26)28-15-29-24;/h2-6,9,12-13,15,18H,7-8,10-11,14H2,1H3,(H,30,32)(H2,26,28,29);1H. The second kappa shape index (κ2) is 11.2. The molecule has 1 aromatic carbocycles.